The van der Waals surface area contributed by atoms with Crippen LogP contribution >= 0.6 is 34.2 Å². The minimum absolute atomic E-state index is 0.204. The van der Waals surface area contributed by atoms with Gasteiger partial charge >= 0.3 is 0 Å². The second-order valence-corrected chi connectivity index (χ2v) is 5.18. The van der Waals surface area contributed by atoms with Crippen molar-refractivity contribution in [1.82, 2.24) is 5.32 Å². The summed E-state index contributed by atoms with van der Waals surface area (Å²) in [5.41, 5.74) is 1.19. The second kappa shape index (κ2) is 7.16. The van der Waals surface area contributed by atoms with Crippen LogP contribution in [0.3, 0.4) is 0 Å². The number of terminal acetylenes is 1. The lowest BCUT2D eigenvalue weighted by molar-refractivity contribution is 0.541. The third-order valence-corrected chi connectivity index (χ3v) is 3.51. The molecule has 1 N–H and O–H groups in total. The first-order chi connectivity index (χ1) is 7.69. The van der Waals surface area contributed by atoms with Gasteiger partial charge in [0.1, 0.15) is 0 Å². The number of hydrogen-bond donors (Lipinski definition) is 1. The number of rotatable bonds is 5. The quantitative estimate of drug-likeness (QED) is 0.627. The summed E-state index contributed by atoms with van der Waals surface area (Å²) in [5.74, 6) is 2.71. The Balaban J connectivity index is 2.91. The highest BCUT2D eigenvalue weighted by molar-refractivity contribution is 14.1. The highest BCUT2D eigenvalue weighted by Gasteiger charge is 2.12. The van der Waals surface area contributed by atoms with Gasteiger partial charge in [-0.1, -0.05) is 18.5 Å². The lowest BCUT2D eigenvalue weighted by Gasteiger charge is -2.18. The molecule has 3 heteroatoms. The molecule has 1 atom stereocenters. The highest BCUT2D eigenvalue weighted by Crippen LogP contribution is 2.25. The fourth-order valence-electron chi connectivity index (χ4n) is 1.51. The number of nitrogens with one attached hydrogen (secondary N) is 1. The van der Waals surface area contributed by atoms with Crippen LogP contribution in [0, 0.1) is 15.9 Å². The second-order valence-electron chi connectivity index (χ2n) is 3.58. The molecule has 0 saturated heterocycles. The van der Waals surface area contributed by atoms with E-state index in [-0.39, 0.29) is 6.04 Å². The smallest absolute Gasteiger partial charge is 0.0441 e. The molecule has 16 heavy (non-hydrogen) atoms. The lowest BCUT2D eigenvalue weighted by Crippen LogP contribution is -2.22. The van der Waals surface area contributed by atoms with Crippen molar-refractivity contribution in [2.45, 2.75) is 25.8 Å². The molecule has 0 heterocycles. The fraction of sp³-hybridized carbons (Fsp3) is 0.385. The van der Waals surface area contributed by atoms with Gasteiger partial charge in [0.2, 0.25) is 0 Å². The molecular formula is C13H15ClIN. The SMILES string of the molecule is C#CCC(NCCC)c1cc(Cl)ccc1I. The van der Waals surface area contributed by atoms with Gasteiger partial charge in [-0.15, -0.1) is 12.3 Å². The van der Waals surface area contributed by atoms with Crippen molar-refractivity contribution in [2.24, 2.45) is 0 Å². The van der Waals surface area contributed by atoms with Gasteiger partial charge in [0.15, 0.2) is 0 Å². The maximum atomic E-state index is 6.01. The standard InChI is InChI=1S/C13H15ClIN/c1-3-5-13(16-8-4-2)11-9-10(14)6-7-12(11)15/h1,6-7,9,13,16H,4-5,8H2,2H3. The van der Waals surface area contributed by atoms with Crippen molar-refractivity contribution in [3.63, 3.8) is 0 Å². The van der Waals surface area contributed by atoms with Crippen molar-refractivity contribution in [2.75, 3.05) is 6.54 Å². The molecule has 86 valence electrons. The summed E-state index contributed by atoms with van der Waals surface area (Å²) in [6.45, 7) is 3.11. The molecule has 0 bridgehead atoms. The van der Waals surface area contributed by atoms with Gasteiger partial charge < -0.3 is 5.32 Å². The Morgan fingerprint density at radius 2 is 2.31 bits per heavy atom. The molecule has 1 unspecified atom stereocenters. The van der Waals surface area contributed by atoms with E-state index in [2.05, 4.69) is 40.8 Å². The van der Waals surface area contributed by atoms with E-state index in [1.807, 2.05) is 18.2 Å². The largest absolute Gasteiger partial charge is 0.309 e. The number of halogens is 2. The Labute approximate surface area is 116 Å². The van der Waals surface area contributed by atoms with Crippen LogP contribution in [0.4, 0.5) is 0 Å². The van der Waals surface area contributed by atoms with Crippen LogP contribution in [0.25, 0.3) is 0 Å². The summed E-state index contributed by atoms with van der Waals surface area (Å²) in [7, 11) is 0. The van der Waals surface area contributed by atoms with E-state index in [9.17, 15) is 0 Å². The van der Waals surface area contributed by atoms with Crippen molar-refractivity contribution < 1.29 is 0 Å². The van der Waals surface area contributed by atoms with Crippen LogP contribution in [0.2, 0.25) is 5.02 Å². The molecule has 1 aromatic rings. The first-order valence-electron chi connectivity index (χ1n) is 5.30. The molecule has 0 fully saturated rings. The van der Waals surface area contributed by atoms with Crippen molar-refractivity contribution in [1.29, 1.82) is 0 Å². The predicted octanol–water partition coefficient (Wildman–Crippen LogP) is 4.01. The van der Waals surface area contributed by atoms with Gasteiger partial charge in [0.25, 0.3) is 0 Å². The molecular weight excluding hydrogens is 333 g/mol. The molecule has 0 aliphatic rings. The van der Waals surface area contributed by atoms with Gasteiger partial charge in [-0.25, -0.2) is 0 Å². The summed E-state index contributed by atoms with van der Waals surface area (Å²) in [6, 6.07) is 6.12. The zero-order chi connectivity index (χ0) is 12.0. The Bertz CT molecular complexity index is 384. The lowest BCUT2D eigenvalue weighted by atomic mass is 10.0. The van der Waals surface area contributed by atoms with Crippen LogP contribution in [-0.4, -0.2) is 6.54 Å². The average Bonchev–Trinajstić information content (AvgIpc) is 2.28. The summed E-state index contributed by atoms with van der Waals surface area (Å²) < 4.78 is 1.20. The van der Waals surface area contributed by atoms with Crippen LogP contribution in [0.5, 0.6) is 0 Å². The Kier molecular flexibility index (Phi) is 6.18. The van der Waals surface area contributed by atoms with Crippen LogP contribution in [0.15, 0.2) is 18.2 Å². The minimum atomic E-state index is 0.204. The molecule has 0 radical (unpaired) electrons. The zero-order valence-corrected chi connectivity index (χ0v) is 12.2. The molecule has 1 nitrogen and oxygen atoms in total. The van der Waals surface area contributed by atoms with Crippen molar-refractivity contribution >= 4 is 34.2 Å². The summed E-state index contributed by atoms with van der Waals surface area (Å²) in [4.78, 5) is 0. The van der Waals surface area contributed by atoms with E-state index < -0.39 is 0 Å². The maximum absolute atomic E-state index is 6.01. The van der Waals surface area contributed by atoms with Gasteiger partial charge in [0.05, 0.1) is 0 Å². The molecule has 0 aromatic heterocycles. The maximum Gasteiger partial charge on any atom is 0.0441 e. The van der Waals surface area contributed by atoms with Crippen LogP contribution in [-0.2, 0) is 0 Å². The first kappa shape index (κ1) is 13.8. The topological polar surface area (TPSA) is 12.0 Å². The van der Waals surface area contributed by atoms with E-state index in [0.29, 0.717) is 6.42 Å². The molecule has 0 aliphatic carbocycles. The summed E-state index contributed by atoms with van der Waals surface area (Å²) in [6.07, 6.45) is 7.19. The van der Waals surface area contributed by atoms with E-state index in [0.717, 1.165) is 18.0 Å². The molecule has 0 spiro atoms. The molecule has 1 aromatic carbocycles. The van der Waals surface area contributed by atoms with E-state index in [4.69, 9.17) is 18.0 Å². The van der Waals surface area contributed by atoms with Crippen LogP contribution < -0.4 is 5.32 Å². The first-order valence-corrected chi connectivity index (χ1v) is 6.76. The summed E-state index contributed by atoms with van der Waals surface area (Å²) in [5, 5.41) is 4.21. The van der Waals surface area contributed by atoms with Crippen LogP contribution in [0.1, 0.15) is 31.4 Å². The Hall–Kier alpha value is -0.240. The molecule has 0 saturated carbocycles. The van der Waals surface area contributed by atoms with E-state index in [1.54, 1.807) is 0 Å². The van der Waals surface area contributed by atoms with Gasteiger partial charge in [-0.2, -0.15) is 0 Å². The highest BCUT2D eigenvalue weighted by atomic mass is 127. The summed E-state index contributed by atoms with van der Waals surface area (Å²) >= 11 is 8.33. The Morgan fingerprint density at radius 3 is 2.94 bits per heavy atom. The zero-order valence-electron chi connectivity index (χ0n) is 9.26. The van der Waals surface area contributed by atoms with E-state index >= 15 is 0 Å². The normalized spacial score (nSPS) is 12.1. The molecule has 1 rings (SSSR count). The average molecular weight is 348 g/mol. The predicted molar refractivity (Wildman–Crippen MR) is 78.7 cm³/mol. The number of benzene rings is 1. The fourth-order valence-corrected chi connectivity index (χ4v) is 2.40. The van der Waals surface area contributed by atoms with E-state index in [1.165, 1.54) is 9.13 Å². The number of hydrogen-bond acceptors (Lipinski definition) is 1. The Morgan fingerprint density at radius 1 is 1.56 bits per heavy atom. The van der Waals surface area contributed by atoms with Crippen molar-refractivity contribution in [3.05, 3.63) is 32.4 Å². The van der Waals surface area contributed by atoms with Gasteiger partial charge in [-0.05, 0) is 59.3 Å². The van der Waals surface area contributed by atoms with Gasteiger partial charge in [0, 0.05) is 21.1 Å². The monoisotopic (exact) mass is 347 g/mol. The van der Waals surface area contributed by atoms with Crippen molar-refractivity contribution in [3.8, 4) is 12.3 Å². The third kappa shape index (κ3) is 3.97. The third-order valence-electron chi connectivity index (χ3n) is 2.30. The molecule has 0 aliphatic heterocycles. The van der Waals surface area contributed by atoms with Gasteiger partial charge in [-0.3, -0.25) is 0 Å². The minimum Gasteiger partial charge on any atom is -0.309 e. The molecule has 0 amide bonds.